The van der Waals surface area contributed by atoms with Crippen LogP contribution in [0.3, 0.4) is 0 Å². The first-order chi connectivity index (χ1) is 8.74. The molecule has 0 aliphatic heterocycles. The van der Waals surface area contributed by atoms with E-state index in [0.29, 0.717) is 6.04 Å². The van der Waals surface area contributed by atoms with Gasteiger partial charge in [-0.25, -0.2) is 4.98 Å². The number of hydrogen-bond donors (Lipinski definition) is 1. The zero-order chi connectivity index (χ0) is 12.5. The molecule has 1 aromatic rings. The highest BCUT2D eigenvalue weighted by molar-refractivity contribution is 5.00. The van der Waals surface area contributed by atoms with E-state index in [1.165, 1.54) is 37.9 Å². The molecule has 2 saturated carbocycles. The van der Waals surface area contributed by atoms with Crippen LogP contribution in [0.25, 0.3) is 0 Å². The molecule has 3 rings (SSSR count). The first-order valence-corrected chi connectivity index (χ1v) is 7.46. The molecule has 3 nitrogen and oxygen atoms in total. The van der Waals surface area contributed by atoms with Crippen molar-refractivity contribution in [3.8, 4) is 0 Å². The summed E-state index contributed by atoms with van der Waals surface area (Å²) < 4.78 is 2.39. The summed E-state index contributed by atoms with van der Waals surface area (Å²) in [6.07, 6.45) is 9.91. The van der Waals surface area contributed by atoms with Crippen molar-refractivity contribution in [3.05, 3.63) is 18.2 Å². The molecule has 0 atom stereocenters. The van der Waals surface area contributed by atoms with Crippen LogP contribution in [0.4, 0.5) is 0 Å². The van der Waals surface area contributed by atoms with Crippen LogP contribution in [-0.4, -0.2) is 15.6 Å². The van der Waals surface area contributed by atoms with Gasteiger partial charge in [-0.1, -0.05) is 13.8 Å². The maximum Gasteiger partial charge on any atom is 0.0948 e. The standard InChI is InChI=1S/C15H25N3/c1-11(2)17-8-14-7-16-10-18(14)9-15(12-3-4-12)13-5-6-13/h7,10-13,15,17H,3-6,8-9H2,1-2H3. The van der Waals surface area contributed by atoms with Gasteiger partial charge in [0.25, 0.3) is 0 Å². The van der Waals surface area contributed by atoms with Crippen LogP contribution in [0.2, 0.25) is 0 Å². The van der Waals surface area contributed by atoms with Crippen LogP contribution < -0.4 is 5.32 Å². The van der Waals surface area contributed by atoms with E-state index in [0.717, 1.165) is 24.3 Å². The van der Waals surface area contributed by atoms with Crippen molar-refractivity contribution < 1.29 is 0 Å². The number of hydrogen-bond acceptors (Lipinski definition) is 2. The second-order valence-corrected chi connectivity index (χ2v) is 6.41. The van der Waals surface area contributed by atoms with Gasteiger partial charge >= 0.3 is 0 Å². The molecular weight excluding hydrogens is 222 g/mol. The van der Waals surface area contributed by atoms with Crippen molar-refractivity contribution in [3.63, 3.8) is 0 Å². The largest absolute Gasteiger partial charge is 0.333 e. The van der Waals surface area contributed by atoms with Crippen LogP contribution in [0.1, 0.15) is 45.2 Å². The predicted octanol–water partition coefficient (Wildman–Crippen LogP) is 2.82. The molecule has 1 aromatic heterocycles. The number of nitrogens with zero attached hydrogens (tertiary/aromatic N) is 2. The van der Waals surface area contributed by atoms with Gasteiger partial charge in [-0.05, 0) is 43.4 Å². The molecule has 3 heteroatoms. The first kappa shape index (κ1) is 12.2. The minimum Gasteiger partial charge on any atom is -0.333 e. The van der Waals surface area contributed by atoms with Crippen molar-refractivity contribution in [2.24, 2.45) is 17.8 Å². The lowest BCUT2D eigenvalue weighted by atomic mass is 9.98. The summed E-state index contributed by atoms with van der Waals surface area (Å²) in [4.78, 5) is 4.34. The van der Waals surface area contributed by atoms with Crippen molar-refractivity contribution in [2.45, 2.75) is 58.7 Å². The van der Waals surface area contributed by atoms with E-state index in [1.807, 2.05) is 12.5 Å². The molecule has 18 heavy (non-hydrogen) atoms. The summed E-state index contributed by atoms with van der Waals surface area (Å²) in [5.41, 5.74) is 1.34. The Kier molecular flexibility index (Phi) is 3.42. The van der Waals surface area contributed by atoms with Gasteiger partial charge in [0.2, 0.25) is 0 Å². The molecule has 0 bridgehead atoms. The summed E-state index contributed by atoms with van der Waals surface area (Å²) in [7, 11) is 0. The zero-order valence-electron chi connectivity index (χ0n) is 11.6. The van der Waals surface area contributed by atoms with Crippen LogP contribution in [-0.2, 0) is 13.1 Å². The SMILES string of the molecule is CC(C)NCc1cncn1CC(C1CC1)C1CC1. The molecule has 0 saturated heterocycles. The molecule has 0 radical (unpaired) electrons. The minimum atomic E-state index is 0.538. The van der Waals surface area contributed by atoms with Crippen LogP contribution in [0.5, 0.6) is 0 Å². The molecule has 100 valence electrons. The maximum atomic E-state index is 4.34. The van der Waals surface area contributed by atoms with E-state index >= 15 is 0 Å². The van der Waals surface area contributed by atoms with E-state index < -0.39 is 0 Å². The Morgan fingerprint density at radius 3 is 2.50 bits per heavy atom. The van der Waals surface area contributed by atoms with Crippen molar-refractivity contribution >= 4 is 0 Å². The van der Waals surface area contributed by atoms with Crippen LogP contribution in [0, 0.1) is 17.8 Å². The monoisotopic (exact) mass is 247 g/mol. The van der Waals surface area contributed by atoms with Gasteiger partial charge in [-0.15, -0.1) is 0 Å². The summed E-state index contributed by atoms with van der Waals surface area (Å²) in [5.74, 6) is 2.97. The second kappa shape index (κ2) is 5.04. The number of imidazole rings is 1. The smallest absolute Gasteiger partial charge is 0.0948 e. The summed E-state index contributed by atoms with van der Waals surface area (Å²) in [6, 6.07) is 0.538. The number of nitrogens with one attached hydrogen (secondary N) is 1. The van der Waals surface area contributed by atoms with Crippen molar-refractivity contribution in [1.29, 1.82) is 0 Å². The lowest BCUT2D eigenvalue weighted by Crippen LogP contribution is -2.24. The fraction of sp³-hybridized carbons (Fsp3) is 0.800. The second-order valence-electron chi connectivity index (χ2n) is 6.41. The van der Waals surface area contributed by atoms with E-state index in [9.17, 15) is 0 Å². The molecule has 0 spiro atoms. The normalized spacial score (nSPS) is 20.0. The fourth-order valence-corrected chi connectivity index (χ4v) is 2.93. The zero-order valence-corrected chi connectivity index (χ0v) is 11.6. The van der Waals surface area contributed by atoms with Gasteiger partial charge in [0.1, 0.15) is 0 Å². The van der Waals surface area contributed by atoms with Gasteiger partial charge in [0.05, 0.1) is 12.0 Å². The lowest BCUT2D eigenvalue weighted by Gasteiger charge is -2.18. The quantitative estimate of drug-likeness (QED) is 0.803. The third-order valence-electron chi connectivity index (χ3n) is 4.35. The third kappa shape index (κ3) is 2.94. The topological polar surface area (TPSA) is 29.9 Å². The first-order valence-electron chi connectivity index (χ1n) is 7.46. The van der Waals surface area contributed by atoms with Crippen LogP contribution in [0.15, 0.2) is 12.5 Å². The van der Waals surface area contributed by atoms with Gasteiger partial charge in [0.15, 0.2) is 0 Å². The van der Waals surface area contributed by atoms with Gasteiger partial charge in [-0.3, -0.25) is 0 Å². The molecule has 1 N–H and O–H groups in total. The number of rotatable bonds is 7. The van der Waals surface area contributed by atoms with E-state index in [-0.39, 0.29) is 0 Å². The molecule has 0 amide bonds. The molecule has 0 unspecified atom stereocenters. The fourth-order valence-electron chi connectivity index (χ4n) is 2.93. The Morgan fingerprint density at radius 1 is 1.28 bits per heavy atom. The van der Waals surface area contributed by atoms with E-state index in [4.69, 9.17) is 0 Å². The highest BCUT2D eigenvalue weighted by atomic mass is 15.1. The molecule has 2 aliphatic rings. The molecule has 1 heterocycles. The van der Waals surface area contributed by atoms with E-state index in [2.05, 4.69) is 28.7 Å². The van der Waals surface area contributed by atoms with Crippen molar-refractivity contribution in [2.75, 3.05) is 0 Å². The average Bonchev–Trinajstić information content (AvgIpc) is 3.23. The maximum absolute atomic E-state index is 4.34. The van der Waals surface area contributed by atoms with Crippen LogP contribution >= 0.6 is 0 Å². The van der Waals surface area contributed by atoms with Gasteiger partial charge < -0.3 is 9.88 Å². The predicted molar refractivity (Wildman–Crippen MR) is 73.1 cm³/mol. The summed E-state index contributed by atoms with van der Waals surface area (Å²) >= 11 is 0. The Labute approximate surface area is 110 Å². The highest BCUT2D eigenvalue weighted by Gasteiger charge is 2.41. The van der Waals surface area contributed by atoms with E-state index in [1.54, 1.807) is 0 Å². The Bertz CT molecular complexity index is 376. The Morgan fingerprint density at radius 2 is 1.94 bits per heavy atom. The summed E-state index contributed by atoms with van der Waals surface area (Å²) in [5, 5.41) is 3.49. The molecule has 0 aromatic carbocycles. The lowest BCUT2D eigenvalue weighted by molar-refractivity contribution is 0.343. The molecular formula is C15H25N3. The van der Waals surface area contributed by atoms with Gasteiger partial charge in [0, 0.05) is 25.3 Å². The highest BCUT2D eigenvalue weighted by Crippen LogP contribution is 2.49. The molecule has 2 aliphatic carbocycles. The Hall–Kier alpha value is -0.830. The van der Waals surface area contributed by atoms with Crippen molar-refractivity contribution in [1.82, 2.24) is 14.9 Å². The number of aromatic nitrogens is 2. The Balaban J connectivity index is 1.62. The minimum absolute atomic E-state index is 0.538. The third-order valence-corrected chi connectivity index (χ3v) is 4.35. The molecule has 2 fully saturated rings. The van der Waals surface area contributed by atoms with Gasteiger partial charge in [-0.2, -0.15) is 0 Å². The summed E-state index contributed by atoms with van der Waals surface area (Å²) in [6.45, 7) is 6.53. The average molecular weight is 247 g/mol.